The molecule has 0 aliphatic heterocycles. The van der Waals surface area contributed by atoms with Gasteiger partial charge in [-0.3, -0.25) is 0 Å². The summed E-state index contributed by atoms with van der Waals surface area (Å²) in [6.07, 6.45) is -4.60. The van der Waals surface area contributed by atoms with Crippen LogP contribution in [0.5, 0.6) is 0 Å². The molecule has 0 fully saturated rings. The van der Waals surface area contributed by atoms with Crippen LogP contribution in [-0.4, -0.2) is 30.1 Å². The average Bonchev–Trinajstić information content (AvgIpc) is 2.53. The SMILES string of the molecule is Cc1cc(CNC(=O)Nc2ccc(Cl)c(C(F)(F)F)c2)nc(N(C)C)n1. The molecular formula is C16H17ClF3N5O. The summed E-state index contributed by atoms with van der Waals surface area (Å²) < 4.78 is 38.5. The number of aromatic nitrogens is 2. The van der Waals surface area contributed by atoms with Crippen LogP contribution in [0.25, 0.3) is 0 Å². The monoisotopic (exact) mass is 387 g/mol. The van der Waals surface area contributed by atoms with Crippen LogP contribution in [0.3, 0.4) is 0 Å². The van der Waals surface area contributed by atoms with E-state index in [0.29, 0.717) is 11.6 Å². The first-order chi connectivity index (χ1) is 12.1. The Morgan fingerprint density at radius 2 is 1.92 bits per heavy atom. The van der Waals surface area contributed by atoms with Gasteiger partial charge in [0.05, 0.1) is 22.8 Å². The second kappa shape index (κ2) is 7.77. The molecule has 0 aliphatic rings. The standard InChI is InChI=1S/C16H17ClF3N5O/c1-9-6-11(23-14(22-9)25(2)3)8-21-15(26)24-10-4-5-13(17)12(7-10)16(18,19)20/h4-7H,8H2,1-3H3,(H2,21,24,26). The Hall–Kier alpha value is -2.55. The quantitative estimate of drug-likeness (QED) is 0.836. The van der Waals surface area contributed by atoms with Crippen LogP contribution in [-0.2, 0) is 12.7 Å². The maximum atomic E-state index is 12.8. The van der Waals surface area contributed by atoms with E-state index in [1.807, 2.05) is 0 Å². The Labute approximate surface area is 153 Å². The molecule has 1 heterocycles. The Bertz CT molecular complexity index is 811. The molecule has 26 heavy (non-hydrogen) atoms. The highest BCUT2D eigenvalue weighted by Gasteiger charge is 2.33. The van der Waals surface area contributed by atoms with Crippen molar-refractivity contribution in [2.45, 2.75) is 19.6 Å². The minimum Gasteiger partial charge on any atom is -0.347 e. The zero-order chi connectivity index (χ0) is 19.5. The third kappa shape index (κ3) is 5.22. The molecule has 2 aromatic rings. The number of anilines is 2. The number of carbonyl (C=O) groups excluding carboxylic acids is 1. The molecule has 10 heteroatoms. The van der Waals surface area contributed by atoms with Crippen molar-refractivity contribution in [3.63, 3.8) is 0 Å². The predicted molar refractivity (Wildman–Crippen MR) is 93.4 cm³/mol. The fourth-order valence-electron chi connectivity index (χ4n) is 2.07. The van der Waals surface area contributed by atoms with E-state index in [0.717, 1.165) is 17.8 Å². The van der Waals surface area contributed by atoms with Crippen LogP contribution >= 0.6 is 11.6 Å². The van der Waals surface area contributed by atoms with Gasteiger partial charge < -0.3 is 15.5 Å². The van der Waals surface area contributed by atoms with Crippen molar-refractivity contribution < 1.29 is 18.0 Å². The van der Waals surface area contributed by atoms with Gasteiger partial charge in [-0.05, 0) is 31.2 Å². The summed E-state index contributed by atoms with van der Waals surface area (Å²) in [7, 11) is 3.58. The van der Waals surface area contributed by atoms with Crippen molar-refractivity contribution >= 4 is 29.3 Å². The fourth-order valence-corrected chi connectivity index (χ4v) is 2.30. The fraction of sp³-hybridized carbons (Fsp3) is 0.312. The second-order valence-corrected chi connectivity index (χ2v) is 6.10. The number of carbonyl (C=O) groups is 1. The van der Waals surface area contributed by atoms with E-state index < -0.39 is 22.8 Å². The van der Waals surface area contributed by atoms with E-state index in [2.05, 4.69) is 20.6 Å². The number of hydrogen-bond donors (Lipinski definition) is 2. The third-order valence-corrected chi connectivity index (χ3v) is 3.58. The van der Waals surface area contributed by atoms with Crippen LogP contribution in [0.4, 0.5) is 29.6 Å². The first-order valence-electron chi connectivity index (χ1n) is 7.50. The number of benzene rings is 1. The number of nitrogens with one attached hydrogen (secondary N) is 2. The molecular weight excluding hydrogens is 371 g/mol. The van der Waals surface area contributed by atoms with E-state index >= 15 is 0 Å². The number of rotatable bonds is 4. The molecule has 2 N–H and O–H groups in total. The predicted octanol–water partition coefficient (Wildman–Crippen LogP) is 3.84. The van der Waals surface area contributed by atoms with E-state index in [9.17, 15) is 18.0 Å². The molecule has 6 nitrogen and oxygen atoms in total. The molecule has 0 saturated carbocycles. The summed E-state index contributed by atoms with van der Waals surface area (Å²) in [5.74, 6) is 0.495. The summed E-state index contributed by atoms with van der Waals surface area (Å²) >= 11 is 5.55. The largest absolute Gasteiger partial charge is 0.417 e. The van der Waals surface area contributed by atoms with E-state index in [1.165, 1.54) is 6.07 Å². The van der Waals surface area contributed by atoms with Crippen molar-refractivity contribution in [1.82, 2.24) is 15.3 Å². The van der Waals surface area contributed by atoms with Crippen LogP contribution in [0, 0.1) is 6.92 Å². The highest BCUT2D eigenvalue weighted by atomic mass is 35.5. The maximum absolute atomic E-state index is 12.8. The van der Waals surface area contributed by atoms with Crippen molar-refractivity contribution in [3.8, 4) is 0 Å². The van der Waals surface area contributed by atoms with E-state index in [4.69, 9.17) is 11.6 Å². The molecule has 0 bridgehead atoms. The van der Waals surface area contributed by atoms with E-state index in [1.54, 1.807) is 32.0 Å². The van der Waals surface area contributed by atoms with Gasteiger partial charge in [0.2, 0.25) is 5.95 Å². The van der Waals surface area contributed by atoms with Crippen molar-refractivity contribution in [1.29, 1.82) is 0 Å². The first-order valence-corrected chi connectivity index (χ1v) is 7.87. The van der Waals surface area contributed by atoms with Crippen LogP contribution < -0.4 is 15.5 Å². The lowest BCUT2D eigenvalue weighted by Crippen LogP contribution is -2.29. The van der Waals surface area contributed by atoms with Gasteiger partial charge in [0.1, 0.15) is 0 Å². The lowest BCUT2D eigenvalue weighted by atomic mass is 10.2. The van der Waals surface area contributed by atoms with Gasteiger partial charge >= 0.3 is 12.2 Å². The minimum atomic E-state index is -4.60. The minimum absolute atomic E-state index is 0.0212. The molecule has 0 spiro atoms. The highest BCUT2D eigenvalue weighted by molar-refractivity contribution is 6.31. The Morgan fingerprint density at radius 1 is 1.23 bits per heavy atom. The maximum Gasteiger partial charge on any atom is 0.417 e. The van der Waals surface area contributed by atoms with Gasteiger partial charge in [-0.25, -0.2) is 14.8 Å². The molecule has 140 valence electrons. The van der Waals surface area contributed by atoms with Crippen molar-refractivity contribution in [2.24, 2.45) is 0 Å². The number of urea groups is 1. The summed E-state index contributed by atoms with van der Waals surface area (Å²) in [6, 6.07) is 4.19. The summed E-state index contributed by atoms with van der Waals surface area (Å²) in [6.45, 7) is 1.89. The highest BCUT2D eigenvalue weighted by Crippen LogP contribution is 2.36. The summed E-state index contributed by atoms with van der Waals surface area (Å²) in [5, 5.41) is 4.45. The Morgan fingerprint density at radius 3 is 2.54 bits per heavy atom. The molecule has 1 aromatic heterocycles. The normalized spacial score (nSPS) is 11.2. The van der Waals surface area contributed by atoms with Gasteiger partial charge in [0.25, 0.3) is 0 Å². The molecule has 0 atom stereocenters. The van der Waals surface area contributed by atoms with Crippen LogP contribution in [0.1, 0.15) is 17.0 Å². The van der Waals surface area contributed by atoms with E-state index in [-0.39, 0.29) is 12.2 Å². The third-order valence-electron chi connectivity index (χ3n) is 3.26. The zero-order valence-electron chi connectivity index (χ0n) is 14.3. The number of hydrogen-bond acceptors (Lipinski definition) is 4. The number of amides is 2. The number of halogens is 4. The first kappa shape index (κ1) is 19.8. The second-order valence-electron chi connectivity index (χ2n) is 5.70. The number of aryl methyl sites for hydroxylation is 1. The van der Waals surface area contributed by atoms with Gasteiger partial charge in [0.15, 0.2) is 0 Å². The molecule has 0 saturated heterocycles. The number of alkyl halides is 3. The Kier molecular flexibility index (Phi) is 5.91. The van der Waals surface area contributed by atoms with Crippen molar-refractivity contribution in [2.75, 3.05) is 24.3 Å². The van der Waals surface area contributed by atoms with Gasteiger partial charge in [0, 0.05) is 25.5 Å². The number of nitrogens with zero attached hydrogens (tertiary/aromatic N) is 3. The van der Waals surface area contributed by atoms with Crippen LogP contribution in [0.15, 0.2) is 24.3 Å². The van der Waals surface area contributed by atoms with Gasteiger partial charge in [-0.2, -0.15) is 13.2 Å². The molecule has 1 aromatic carbocycles. The molecule has 2 rings (SSSR count). The smallest absolute Gasteiger partial charge is 0.347 e. The van der Waals surface area contributed by atoms with Gasteiger partial charge in [-0.15, -0.1) is 0 Å². The zero-order valence-corrected chi connectivity index (χ0v) is 15.0. The lowest BCUT2D eigenvalue weighted by molar-refractivity contribution is -0.137. The summed E-state index contributed by atoms with van der Waals surface area (Å²) in [4.78, 5) is 22.2. The van der Waals surface area contributed by atoms with Gasteiger partial charge in [-0.1, -0.05) is 11.6 Å². The average molecular weight is 388 g/mol. The van der Waals surface area contributed by atoms with Crippen LogP contribution in [0.2, 0.25) is 5.02 Å². The topological polar surface area (TPSA) is 70.2 Å². The Balaban J connectivity index is 2.04. The molecule has 0 radical (unpaired) electrons. The molecule has 0 unspecified atom stereocenters. The molecule has 2 amide bonds. The summed E-state index contributed by atoms with van der Waals surface area (Å²) in [5.41, 5.74) is 0.267. The van der Waals surface area contributed by atoms with Crippen molar-refractivity contribution in [3.05, 3.63) is 46.2 Å². The molecule has 0 aliphatic carbocycles. The lowest BCUT2D eigenvalue weighted by Gasteiger charge is -2.14.